The van der Waals surface area contributed by atoms with E-state index in [2.05, 4.69) is 5.32 Å². The van der Waals surface area contributed by atoms with Gasteiger partial charge in [0.2, 0.25) is 5.91 Å². The molecule has 1 aromatic carbocycles. The van der Waals surface area contributed by atoms with Crippen molar-refractivity contribution in [1.82, 2.24) is 0 Å². The standard InChI is InChI=1S/C18H20N2O6S/c1-3-25-18(22)13-11-12(2)27-17(13)19-16(21)9-6-10-26-15-8-5-4-7-14(15)20(23)24/h4-5,7-8,11H,3,6,9-10H2,1-2H3,(H,19,21). The number of rotatable bonds is 9. The molecular formula is C18H20N2O6S. The van der Waals surface area contributed by atoms with E-state index < -0.39 is 10.9 Å². The van der Waals surface area contributed by atoms with Gasteiger partial charge in [-0.2, -0.15) is 0 Å². The summed E-state index contributed by atoms with van der Waals surface area (Å²) in [6.07, 6.45) is 0.525. The fraction of sp³-hybridized carbons (Fsp3) is 0.333. The number of nitrogens with one attached hydrogen (secondary N) is 1. The summed E-state index contributed by atoms with van der Waals surface area (Å²) in [6, 6.07) is 7.75. The number of carbonyl (C=O) groups is 2. The molecule has 0 unspecified atom stereocenters. The van der Waals surface area contributed by atoms with Crippen molar-refractivity contribution in [1.29, 1.82) is 0 Å². The molecular weight excluding hydrogens is 372 g/mol. The number of nitro benzene ring substituents is 1. The molecule has 0 bridgehead atoms. The average Bonchev–Trinajstić information content (AvgIpc) is 2.99. The third-order valence-corrected chi connectivity index (χ3v) is 4.44. The van der Waals surface area contributed by atoms with E-state index in [1.165, 1.54) is 23.5 Å². The molecule has 0 radical (unpaired) electrons. The first kappa shape index (κ1) is 20.4. The van der Waals surface area contributed by atoms with Gasteiger partial charge >= 0.3 is 11.7 Å². The van der Waals surface area contributed by atoms with E-state index in [4.69, 9.17) is 9.47 Å². The number of aryl methyl sites for hydroxylation is 1. The average molecular weight is 392 g/mol. The predicted octanol–water partition coefficient (Wildman–Crippen LogP) is 3.94. The highest BCUT2D eigenvalue weighted by atomic mass is 32.1. The van der Waals surface area contributed by atoms with Gasteiger partial charge in [0.05, 0.1) is 23.7 Å². The van der Waals surface area contributed by atoms with Crippen LogP contribution in [0, 0.1) is 17.0 Å². The molecule has 0 saturated heterocycles. The van der Waals surface area contributed by atoms with Gasteiger partial charge in [0, 0.05) is 17.4 Å². The van der Waals surface area contributed by atoms with Crippen molar-refractivity contribution in [3.05, 3.63) is 50.9 Å². The van der Waals surface area contributed by atoms with Crippen LogP contribution in [0.2, 0.25) is 0 Å². The second kappa shape index (κ2) is 9.67. The van der Waals surface area contributed by atoms with E-state index in [9.17, 15) is 19.7 Å². The van der Waals surface area contributed by atoms with Crippen LogP contribution in [0.15, 0.2) is 30.3 Å². The van der Waals surface area contributed by atoms with Crippen molar-refractivity contribution in [2.75, 3.05) is 18.5 Å². The Bertz CT molecular complexity index is 833. The maximum Gasteiger partial charge on any atom is 0.341 e. The van der Waals surface area contributed by atoms with E-state index in [0.717, 1.165) is 4.88 Å². The predicted molar refractivity (Wildman–Crippen MR) is 101 cm³/mol. The number of hydrogen-bond acceptors (Lipinski definition) is 7. The number of benzene rings is 1. The van der Waals surface area contributed by atoms with Crippen LogP contribution in [0.25, 0.3) is 0 Å². The molecule has 0 aliphatic heterocycles. The largest absolute Gasteiger partial charge is 0.487 e. The third-order valence-electron chi connectivity index (χ3n) is 3.47. The zero-order chi connectivity index (χ0) is 19.8. The Labute approximate surface area is 160 Å². The molecule has 27 heavy (non-hydrogen) atoms. The molecule has 1 amide bonds. The molecule has 1 N–H and O–H groups in total. The molecule has 0 saturated carbocycles. The van der Waals surface area contributed by atoms with E-state index in [0.29, 0.717) is 17.0 Å². The Morgan fingerprint density at radius 1 is 1.30 bits per heavy atom. The number of ether oxygens (including phenoxy) is 2. The lowest BCUT2D eigenvalue weighted by Gasteiger charge is -2.08. The van der Waals surface area contributed by atoms with E-state index in [1.807, 2.05) is 6.92 Å². The Balaban J connectivity index is 1.86. The summed E-state index contributed by atoms with van der Waals surface area (Å²) in [5.41, 5.74) is 0.221. The van der Waals surface area contributed by atoms with E-state index >= 15 is 0 Å². The van der Waals surface area contributed by atoms with Crippen molar-refractivity contribution in [3.8, 4) is 5.75 Å². The summed E-state index contributed by atoms with van der Waals surface area (Å²) in [4.78, 5) is 35.3. The Morgan fingerprint density at radius 2 is 2.04 bits per heavy atom. The van der Waals surface area contributed by atoms with Crippen LogP contribution in [0.5, 0.6) is 5.75 Å². The lowest BCUT2D eigenvalue weighted by atomic mass is 10.2. The number of anilines is 1. The summed E-state index contributed by atoms with van der Waals surface area (Å²) < 4.78 is 10.4. The topological polar surface area (TPSA) is 108 Å². The van der Waals surface area contributed by atoms with Crippen LogP contribution in [0.1, 0.15) is 35.0 Å². The van der Waals surface area contributed by atoms with Crippen LogP contribution in [0.3, 0.4) is 0 Å². The van der Waals surface area contributed by atoms with Crippen molar-refractivity contribution in [2.24, 2.45) is 0 Å². The number of nitro groups is 1. The maximum atomic E-state index is 12.1. The number of nitrogens with zero attached hydrogens (tertiary/aromatic N) is 1. The SMILES string of the molecule is CCOC(=O)c1cc(C)sc1NC(=O)CCCOc1ccccc1[N+](=O)[O-]. The molecule has 0 spiro atoms. The number of carbonyl (C=O) groups excluding carboxylic acids is 2. The lowest BCUT2D eigenvalue weighted by molar-refractivity contribution is -0.385. The van der Waals surface area contributed by atoms with Gasteiger partial charge in [-0.3, -0.25) is 14.9 Å². The molecule has 2 aromatic rings. The molecule has 1 aromatic heterocycles. The molecule has 144 valence electrons. The fourth-order valence-corrected chi connectivity index (χ4v) is 3.22. The van der Waals surface area contributed by atoms with Gasteiger partial charge < -0.3 is 14.8 Å². The molecule has 8 nitrogen and oxygen atoms in total. The summed E-state index contributed by atoms with van der Waals surface area (Å²) in [7, 11) is 0. The minimum Gasteiger partial charge on any atom is -0.487 e. The fourth-order valence-electron chi connectivity index (χ4n) is 2.30. The zero-order valence-corrected chi connectivity index (χ0v) is 15.8. The van der Waals surface area contributed by atoms with Crippen molar-refractivity contribution in [3.63, 3.8) is 0 Å². The highest BCUT2D eigenvalue weighted by Gasteiger charge is 2.18. The van der Waals surface area contributed by atoms with Crippen LogP contribution < -0.4 is 10.1 Å². The first-order valence-electron chi connectivity index (χ1n) is 8.36. The van der Waals surface area contributed by atoms with E-state index in [-0.39, 0.29) is 37.0 Å². The van der Waals surface area contributed by atoms with Gasteiger partial charge in [-0.05, 0) is 32.4 Å². The minimum absolute atomic E-state index is 0.116. The smallest absolute Gasteiger partial charge is 0.341 e. The second-order valence-corrected chi connectivity index (χ2v) is 6.80. The molecule has 2 rings (SSSR count). The summed E-state index contributed by atoms with van der Waals surface area (Å²) in [5.74, 6) is -0.577. The van der Waals surface area contributed by atoms with Crippen LogP contribution in [-0.2, 0) is 9.53 Å². The molecule has 0 fully saturated rings. The Hall–Kier alpha value is -2.94. The second-order valence-electron chi connectivity index (χ2n) is 5.55. The van der Waals surface area contributed by atoms with Gasteiger partial charge in [0.1, 0.15) is 5.00 Å². The number of amides is 1. The number of esters is 1. The molecule has 9 heteroatoms. The zero-order valence-electron chi connectivity index (χ0n) is 15.0. The van der Waals surface area contributed by atoms with Crippen molar-refractivity contribution >= 4 is 33.9 Å². The number of thiophene rings is 1. The van der Waals surface area contributed by atoms with Crippen LogP contribution >= 0.6 is 11.3 Å². The van der Waals surface area contributed by atoms with Gasteiger partial charge in [-0.15, -0.1) is 11.3 Å². The normalized spacial score (nSPS) is 10.3. The number of para-hydroxylation sites is 2. The van der Waals surface area contributed by atoms with Gasteiger partial charge in [0.25, 0.3) is 0 Å². The van der Waals surface area contributed by atoms with Crippen LogP contribution in [0.4, 0.5) is 10.7 Å². The molecule has 0 aliphatic rings. The monoisotopic (exact) mass is 392 g/mol. The van der Waals surface area contributed by atoms with E-state index in [1.54, 1.807) is 25.1 Å². The minimum atomic E-state index is -0.516. The highest BCUT2D eigenvalue weighted by Crippen LogP contribution is 2.29. The maximum absolute atomic E-state index is 12.1. The first-order valence-corrected chi connectivity index (χ1v) is 9.17. The van der Waals surface area contributed by atoms with Crippen LogP contribution in [-0.4, -0.2) is 30.0 Å². The molecule has 0 aliphatic carbocycles. The molecule has 1 heterocycles. The first-order chi connectivity index (χ1) is 12.9. The van der Waals surface area contributed by atoms with Gasteiger partial charge in [0.15, 0.2) is 5.75 Å². The molecule has 0 atom stereocenters. The van der Waals surface area contributed by atoms with Crippen molar-refractivity contribution < 1.29 is 24.0 Å². The van der Waals surface area contributed by atoms with Gasteiger partial charge in [-0.25, -0.2) is 4.79 Å². The third kappa shape index (κ3) is 5.78. The number of hydrogen-bond donors (Lipinski definition) is 1. The Morgan fingerprint density at radius 3 is 2.74 bits per heavy atom. The summed E-state index contributed by atoms with van der Waals surface area (Å²) >= 11 is 1.30. The quantitative estimate of drug-likeness (QED) is 0.300. The Kier molecular flexibility index (Phi) is 7.30. The van der Waals surface area contributed by atoms with Crippen molar-refractivity contribution in [2.45, 2.75) is 26.7 Å². The highest BCUT2D eigenvalue weighted by molar-refractivity contribution is 7.16. The summed E-state index contributed by atoms with van der Waals surface area (Å²) in [5, 5.41) is 14.1. The lowest BCUT2D eigenvalue weighted by Crippen LogP contribution is -2.15. The van der Waals surface area contributed by atoms with Gasteiger partial charge in [-0.1, -0.05) is 12.1 Å². The summed E-state index contributed by atoms with van der Waals surface area (Å²) in [6.45, 7) is 3.96.